The van der Waals surface area contributed by atoms with Crippen LogP contribution < -0.4 is 5.56 Å². The maximum Gasteiger partial charge on any atom is 0.471 e. The zero-order valence-corrected chi connectivity index (χ0v) is 14.4. The summed E-state index contributed by atoms with van der Waals surface area (Å²) in [5, 5.41) is 3.38. The third-order valence-electron chi connectivity index (χ3n) is 3.69. The first-order valence-corrected chi connectivity index (χ1v) is 7.78. The summed E-state index contributed by atoms with van der Waals surface area (Å²) in [5.74, 6) is -1.06. The average molecular weight is 385 g/mol. The molecule has 0 aliphatic heterocycles. The zero-order valence-electron chi connectivity index (χ0n) is 13.6. The Bertz CT molecular complexity index is 1010. The van der Waals surface area contributed by atoms with Crippen LogP contribution >= 0.6 is 11.6 Å². The summed E-state index contributed by atoms with van der Waals surface area (Å²) in [6.45, 7) is 3.56. The van der Waals surface area contributed by atoms with Gasteiger partial charge in [-0.2, -0.15) is 18.2 Å². The number of rotatable bonds is 3. The van der Waals surface area contributed by atoms with Gasteiger partial charge < -0.3 is 4.52 Å². The van der Waals surface area contributed by atoms with Gasteiger partial charge in [-0.05, 0) is 19.4 Å². The van der Waals surface area contributed by atoms with Gasteiger partial charge >= 0.3 is 12.1 Å². The van der Waals surface area contributed by atoms with Crippen molar-refractivity contribution in [1.82, 2.24) is 19.7 Å². The highest BCUT2D eigenvalue weighted by molar-refractivity contribution is 6.30. The van der Waals surface area contributed by atoms with E-state index in [1.165, 1.54) is 4.57 Å². The highest BCUT2D eigenvalue weighted by atomic mass is 35.5. The van der Waals surface area contributed by atoms with Gasteiger partial charge in [0, 0.05) is 5.56 Å². The zero-order chi connectivity index (χ0) is 19.1. The molecule has 3 rings (SSSR count). The maximum atomic E-state index is 12.5. The topological polar surface area (TPSA) is 73.8 Å². The second-order valence-corrected chi connectivity index (χ2v) is 5.95. The van der Waals surface area contributed by atoms with Crippen LogP contribution in [-0.2, 0) is 12.7 Å². The van der Waals surface area contributed by atoms with E-state index < -0.39 is 12.1 Å². The number of aromatic nitrogens is 4. The van der Waals surface area contributed by atoms with Crippen LogP contribution in [0.3, 0.4) is 0 Å². The van der Waals surface area contributed by atoms with Gasteiger partial charge in [-0.25, -0.2) is 4.98 Å². The van der Waals surface area contributed by atoms with Gasteiger partial charge in [0.1, 0.15) is 10.8 Å². The standard InChI is InChI=1S/C16H12ClF3N4O2/c1-8-12(17)14(25)24(9(2)21-8)7-10-3-5-11(6-4-10)13-22-15(26-23-13)16(18,19)20/h3-6H,7H2,1-2H3. The SMILES string of the molecule is Cc1nc(C)n(Cc2ccc(-c3noc(C(F)(F)F)n3)cc2)c(=O)c1Cl. The highest BCUT2D eigenvalue weighted by Gasteiger charge is 2.38. The van der Waals surface area contributed by atoms with Crippen LogP contribution in [0.5, 0.6) is 0 Å². The van der Waals surface area contributed by atoms with Crippen molar-refractivity contribution in [2.24, 2.45) is 0 Å². The van der Waals surface area contributed by atoms with E-state index in [1.807, 2.05) is 0 Å². The van der Waals surface area contributed by atoms with Crippen molar-refractivity contribution in [1.29, 1.82) is 0 Å². The van der Waals surface area contributed by atoms with E-state index in [1.54, 1.807) is 38.1 Å². The molecule has 0 fully saturated rings. The van der Waals surface area contributed by atoms with Crippen LogP contribution in [0.2, 0.25) is 5.02 Å². The van der Waals surface area contributed by atoms with E-state index in [-0.39, 0.29) is 23.0 Å². The van der Waals surface area contributed by atoms with Crippen LogP contribution in [0.1, 0.15) is 23.0 Å². The first-order chi connectivity index (χ1) is 12.2. The molecule has 0 radical (unpaired) electrons. The van der Waals surface area contributed by atoms with Gasteiger partial charge in [-0.15, -0.1) is 0 Å². The Morgan fingerprint density at radius 2 is 1.81 bits per heavy atom. The molecule has 0 N–H and O–H groups in total. The lowest BCUT2D eigenvalue weighted by atomic mass is 10.1. The molecule has 0 unspecified atom stereocenters. The molecule has 10 heteroatoms. The summed E-state index contributed by atoms with van der Waals surface area (Å²) in [6, 6.07) is 6.39. The molecule has 26 heavy (non-hydrogen) atoms. The monoisotopic (exact) mass is 384 g/mol. The molecule has 0 atom stereocenters. The van der Waals surface area contributed by atoms with Crippen LogP contribution in [-0.4, -0.2) is 19.7 Å². The minimum Gasteiger partial charge on any atom is -0.329 e. The van der Waals surface area contributed by atoms with E-state index in [4.69, 9.17) is 11.6 Å². The summed E-state index contributed by atoms with van der Waals surface area (Å²) < 4.78 is 43.2. The summed E-state index contributed by atoms with van der Waals surface area (Å²) in [6.07, 6.45) is -4.69. The summed E-state index contributed by atoms with van der Waals surface area (Å²) >= 11 is 5.95. The quantitative estimate of drug-likeness (QED) is 0.689. The maximum absolute atomic E-state index is 12.5. The van der Waals surface area contributed by atoms with Gasteiger partial charge in [0.25, 0.3) is 5.56 Å². The Kier molecular flexibility index (Phi) is 4.57. The van der Waals surface area contributed by atoms with Crippen LogP contribution in [0.4, 0.5) is 13.2 Å². The fourth-order valence-electron chi connectivity index (χ4n) is 2.36. The van der Waals surface area contributed by atoms with Crippen molar-refractivity contribution in [3.63, 3.8) is 0 Å². The predicted octanol–water partition coefficient (Wildman–Crippen LogP) is 3.63. The molecule has 0 bridgehead atoms. The molecular weight excluding hydrogens is 373 g/mol. The molecule has 0 aliphatic rings. The minimum atomic E-state index is -4.69. The molecule has 2 aromatic heterocycles. The number of hydrogen-bond acceptors (Lipinski definition) is 5. The summed E-state index contributed by atoms with van der Waals surface area (Å²) in [5.41, 5.74) is 1.20. The van der Waals surface area contributed by atoms with Crippen molar-refractivity contribution < 1.29 is 17.7 Å². The molecule has 2 heterocycles. The fraction of sp³-hybridized carbons (Fsp3) is 0.250. The van der Waals surface area contributed by atoms with Crippen molar-refractivity contribution >= 4 is 11.6 Å². The van der Waals surface area contributed by atoms with E-state index in [2.05, 4.69) is 19.6 Å². The third-order valence-corrected chi connectivity index (χ3v) is 4.13. The minimum absolute atomic E-state index is 0.0543. The smallest absolute Gasteiger partial charge is 0.329 e. The number of hydrogen-bond donors (Lipinski definition) is 0. The molecule has 0 saturated heterocycles. The first-order valence-electron chi connectivity index (χ1n) is 7.40. The van der Waals surface area contributed by atoms with Crippen LogP contribution in [0, 0.1) is 13.8 Å². The van der Waals surface area contributed by atoms with E-state index in [0.717, 1.165) is 5.56 Å². The molecule has 6 nitrogen and oxygen atoms in total. The van der Waals surface area contributed by atoms with E-state index >= 15 is 0 Å². The van der Waals surface area contributed by atoms with Crippen molar-refractivity contribution in [2.75, 3.05) is 0 Å². The summed E-state index contributed by atoms with van der Waals surface area (Å²) in [4.78, 5) is 19.8. The number of nitrogens with zero attached hydrogens (tertiary/aromatic N) is 4. The Balaban J connectivity index is 1.86. The van der Waals surface area contributed by atoms with E-state index in [9.17, 15) is 18.0 Å². The second kappa shape index (κ2) is 6.56. The molecule has 0 spiro atoms. The largest absolute Gasteiger partial charge is 0.471 e. The fourth-order valence-corrected chi connectivity index (χ4v) is 2.50. The normalized spacial score (nSPS) is 11.8. The van der Waals surface area contributed by atoms with Gasteiger partial charge in [0.2, 0.25) is 5.82 Å². The molecule has 136 valence electrons. The van der Waals surface area contributed by atoms with Gasteiger partial charge in [0.15, 0.2) is 0 Å². The lowest BCUT2D eigenvalue weighted by molar-refractivity contribution is -0.159. The van der Waals surface area contributed by atoms with E-state index in [0.29, 0.717) is 17.1 Å². The third kappa shape index (κ3) is 3.48. The molecule has 0 amide bonds. The van der Waals surface area contributed by atoms with Crippen molar-refractivity contribution in [3.8, 4) is 11.4 Å². The number of alkyl halides is 3. The second-order valence-electron chi connectivity index (χ2n) is 5.57. The predicted molar refractivity (Wildman–Crippen MR) is 86.8 cm³/mol. The number of aryl methyl sites for hydroxylation is 2. The Morgan fingerprint density at radius 3 is 2.38 bits per heavy atom. The van der Waals surface area contributed by atoms with Gasteiger partial charge in [-0.1, -0.05) is 41.0 Å². The Hall–Kier alpha value is -2.68. The van der Waals surface area contributed by atoms with Crippen LogP contribution in [0.15, 0.2) is 33.6 Å². The summed E-state index contributed by atoms with van der Waals surface area (Å²) in [7, 11) is 0. The van der Waals surface area contributed by atoms with Crippen molar-refractivity contribution in [2.45, 2.75) is 26.6 Å². The average Bonchev–Trinajstić information content (AvgIpc) is 3.08. The highest BCUT2D eigenvalue weighted by Crippen LogP contribution is 2.29. The number of halogens is 4. The number of benzene rings is 1. The Morgan fingerprint density at radius 1 is 1.15 bits per heavy atom. The van der Waals surface area contributed by atoms with Crippen LogP contribution in [0.25, 0.3) is 11.4 Å². The molecule has 3 aromatic rings. The molecule has 1 aromatic carbocycles. The molecular formula is C16H12ClF3N4O2. The van der Waals surface area contributed by atoms with Crippen molar-refractivity contribution in [3.05, 3.63) is 62.6 Å². The lowest BCUT2D eigenvalue weighted by Crippen LogP contribution is -2.25. The molecule has 0 saturated carbocycles. The van der Waals surface area contributed by atoms with Gasteiger partial charge in [0.05, 0.1) is 12.2 Å². The Labute approximate surface area is 150 Å². The first kappa shape index (κ1) is 18.1. The lowest BCUT2D eigenvalue weighted by Gasteiger charge is -2.11. The molecule has 0 aliphatic carbocycles. The van der Waals surface area contributed by atoms with Gasteiger partial charge in [-0.3, -0.25) is 9.36 Å².